The molecule has 0 saturated carbocycles. The molecule has 2 rings (SSSR count). The summed E-state index contributed by atoms with van der Waals surface area (Å²) in [5, 5.41) is 3.55. The number of aryl methyl sites for hydroxylation is 3. The fraction of sp³-hybridized carbons (Fsp3) is 0.333. The van der Waals surface area contributed by atoms with Gasteiger partial charge in [-0.3, -0.25) is 0 Å². The van der Waals surface area contributed by atoms with E-state index in [2.05, 4.69) is 62.5 Å². The third-order valence-electron chi connectivity index (χ3n) is 3.45. The molecule has 0 aliphatic rings. The van der Waals surface area contributed by atoms with Crippen LogP contribution in [0.25, 0.3) is 0 Å². The summed E-state index contributed by atoms with van der Waals surface area (Å²) in [7, 11) is 1.73. The number of rotatable bonds is 5. The molecule has 0 aliphatic carbocycles. The Morgan fingerprint density at radius 1 is 0.950 bits per heavy atom. The number of nitrogens with one attached hydrogen (secondary N) is 1. The molecule has 1 N–H and O–H groups in total. The topological polar surface area (TPSA) is 21.3 Å². The second-order valence-electron chi connectivity index (χ2n) is 5.38. The minimum Gasteiger partial charge on any atom is -0.381 e. The molecule has 20 heavy (non-hydrogen) atoms. The molecule has 0 aromatic heterocycles. The summed E-state index contributed by atoms with van der Waals surface area (Å²) in [6.45, 7) is 7.95. The molecule has 0 saturated heterocycles. The fourth-order valence-electron chi connectivity index (χ4n) is 2.65. The van der Waals surface area contributed by atoms with Gasteiger partial charge in [0.05, 0.1) is 6.61 Å². The Morgan fingerprint density at radius 2 is 1.60 bits per heavy atom. The number of hydrogen-bond acceptors (Lipinski definition) is 2. The summed E-state index contributed by atoms with van der Waals surface area (Å²) < 4.78 is 5.18. The number of benzene rings is 2. The maximum absolute atomic E-state index is 5.18. The number of methoxy groups -OCH3 is 1. The molecule has 0 atom stereocenters. The zero-order chi connectivity index (χ0) is 14.5. The predicted molar refractivity (Wildman–Crippen MR) is 85.1 cm³/mol. The zero-order valence-electron chi connectivity index (χ0n) is 12.8. The highest BCUT2D eigenvalue weighted by atomic mass is 16.5. The molecule has 0 heterocycles. The van der Waals surface area contributed by atoms with Crippen molar-refractivity contribution in [3.05, 3.63) is 64.2 Å². The Kier molecular flexibility index (Phi) is 4.80. The van der Waals surface area contributed by atoms with Crippen molar-refractivity contribution in [1.82, 2.24) is 0 Å². The van der Waals surface area contributed by atoms with E-state index >= 15 is 0 Å². The van der Waals surface area contributed by atoms with Gasteiger partial charge in [0.2, 0.25) is 0 Å². The van der Waals surface area contributed by atoms with E-state index < -0.39 is 0 Å². The molecular formula is C18H23NO. The van der Waals surface area contributed by atoms with Crippen molar-refractivity contribution in [3.8, 4) is 0 Å². The van der Waals surface area contributed by atoms with Crippen LogP contribution >= 0.6 is 0 Å². The Morgan fingerprint density at radius 3 is 2.25 bits per heavy atom. The van der Waals surface area contributed by atoms with E-state index in [0.717, 1.165) is 6.54 Å². The van der Waals surface area contributed by atoms with Crippen LogP contribution in [0.15, 0.2) is 36.4 Å². The van der Waals surface area contributed by atoms with Gasteiger partial charge in [-0.25, -0.2) is 0 Å². The highest BCUT2D eigenvalue weighted by Gasteiger charge is 2.04. The molecule has 2 aromatic carbocycles. The average Bonchev–Trinajstić information content (AvgIpc) is 2.38. The molecule has 0 aliphatic heterocycles. The summed E-state index contributed by atoms with van der Waals surface area (Å²) in [6, 6.07) is 12.9. The lowest BCUT2D eigenvalue weighted by atomic mass is 10.0. The van der Waals surface area contributed by atoms with Crippen LogP contribution in [0.5, 0.6) is 0 Å². The van der Waals surface area contributed by atoms with Gasteiger partial charge in [-0.15, -0.1) is 0 Å². The van der Waals surface area contributed by atoms with Gasteiger partial charge in [0.25, 0.3) is 0 Å². The fourth-order valence-corrected chi connectivity index (χ4v) is 2.65. The second-order valence-corrected chi connectivity index (χ2v) is 5.38. The summed E-state index contributed by atoms with van der Waals surface area (Å²) in [6.07, 6.45) is 0. The lowest BCUT2D eigenvalue weighted by Crippen LogP contribution is -2.04. The van der Waals surface area contributed by atoms with Crippen LogP contribution in [-0.4, -0.2) is 7.11 Å². The highest BCUT2D eigenvalue weighted by Crippen LogP contribution is 2.22. The molecular weight excluding hydrogens is 246 g/mol. The minimum absolute atomic E-state index is 0.663. The molecule has 2 aromatic rings. The largest absolute Gasteiger partial charge is 0.381 e. The number of anilines is 1. The Bertz CT molecular complexity index is 567. The molecule has 0 amide bonds. The van der Waals surface area contributed by atoms with E-state index in [1.807, 2.05) is 0 Å². The van der Waals surface area contributed by atoms with Gasteiger partial charge in [-0.2, -0.15) is 0 Å². The van der Waals surface area contributed by atoms with E-state index in [4.69, 9.17) is 4.74 Å². The van der Waals surface area contributed by atoms with Gasteiger partial charge >= 0.3 is 0 Å². The SMILES string of the molecule is COCc1cccc(CNc2c(C)cc(C)cc2C)c1. The van der Waals surface area contributed by atoms with Crippen molar-refractivity contribution >= 4 is 5.69 Å². The van der Waals surface area contributed by atoms with E-state index in [9.17, 15) is 0 Å². The molecule has 0 bridgehead atoms. The first kappa shape index (κ1) is 14.6. The maximum atomic E-state index is 5.18. The first-order chi connectivity index (χ1) is 9.60. The van der Waals surface area contributed by atoms with Crippen molar-refractivity contribution in [3.63, 3.8) is 0 Å². The van der Waals surface area contributed by atoms with E-state index in [1.165, 1.54) is 33.5 Å². The summed E-state index contributed by atoms with van der Waals surface area (Å²) >= 11 is 0. The molecule has 0 fully saturated rings. The zero-order valence-corrected chi connectivity index (χ0v) is 12.8. The first-order valence-electron chi connectivity index (χ1n) is 6.98. The lowest BCUT2D eigenvalue weighted by Gasteiger charge is -2.14. The van der Waals surface area contributed by atoms with Crippen molar-refractivity contribution in [2.45, 2.75) is 33.9 Å². The van der Waals surface area contributed by atoms with Crippen LogP contribution < -0.4 is 5.32 Å². The molecule has 2 nitrogen and oxygen atoms in total. The Labute approximate surface area is 121 Å². The van der Waals surface area contributed by atoms with Crippen LogP contribution in [0, 0.1) is 20.8 Å². The molecule has 0 spiro atoms. The van der Waals surface area contributed by atoms with Gasteiger partial charge in [0.15, 0.2) is 0 Å². The van der Waals surface area contributed by atoms with Gasteiger partial charge in [0.1, 0.15) is 0 Å². The normalized spacial score (nSPS) is 10.6. The Hall–Kier alpha value is -1.80. The first-order valence-corrected chi connectivity index (χ1v) is 6.98. The Balaban J connectivity index is 2.11. The third kappa shape index (κ3) is 3.61. The van der Waals surface area contributed by atoms with Crippen LogP contribution in [0.1, 0.15) is 27.8 Å². The van der Waals surface area contributed by atoms with Crippen molar-refractivity contribution < 1.29 is 4.74 Å². The van der Waals surface area contributed by atoms with Gasteiger partial charge in [0, 0.05) is 19.3 Å². The van der Waals surface area contributed by atoms with E-state index in [0.29, 0.717) is 6.61 Å². The van der Waals surface area contributed by atoms with Gasteiger partial charge < -0.3 is 10.1 Å². The van der Waals surface area contributed by atoms with Crippen LogP contribution in [0.2, 0.25) is 0 Å². The number of hydrogen-bond donors (Lipinski definition) is 1. The van der Waals surface area contributed by atoms with Crippen molar-refractivity contribution in [2.24, 2.45) is 0 Å². The summed E-state index contributed by atoms with van der Waals surface area (Å²) in [4.78, 5) is 0. The second kappa shape index (κ2) is 6.58. The number of ether oxygens (including phenoxy) is 1. The standard InChI is InChI=1S/C18H23NO/c1-13-8-14(2)18(15(3)9-13)19-11-16-6-5-7-17(10-16)12-20-4/h5-10,19H,11-12H2,1-4H3. The van der Waals surface area contributed by atoms with Gasteiger partial charge in [-0.05, 0) is 43.0 Å². The predicted octanol–water partition coefficient (Wildman–Crippen LogP) is 4.37. The minimum atomic E-state index is 0.663. The smallest absolute Gasteiger partial charge is 0.0713 e. The van der Waals surface area contributed by atoms with E-state index in [1.54, 1.807) is 7.11 Å². The van der Waals surface area contributed by atoms with Gasteiger partial charge in [-0.1, -0.05) is 42.0 Å². The van der Waals surface area contributed by atoms with Crippen LogP contribution in [-0.2, 0) is 17.9 Å². The summed E-state index contributed by atoms with van der Waals surface area (Å²) in [5.41, 5.74) is 7.65. The monoisotopic (exact) mass is 269 g/mol. The molecule has 0 radical (unpaired) electrons. The molecule has 2 heteroatoms. The van der Waals surface area contributed by atoms with Crippen molar-refractivity contribution in [1.29, 1.82) is 0 Å². The summed E-state index contributed by atoms with van der Waals surface area (Å²) in [5.74, 6) is 0. The quantitative estimate of drug-likeness (QED) is 0.870. The van der Waals surface area contributed by atoms with Crippen LogP contribution in [0.4, 0.5) is 5.69 Å². The highest BCUT2D eigenvalue weighted by molar-refractivity contribution is 5.58. The molecule has 0 unspecified atom stereocenters. The van der Waals surface area contributed by atoms with Crippen molar-refractivity contribution in [2.75, 3.05) is 12.4 Å². The average molecular weight is 269 g/mol. The lowest BCUT2D eigenvalue weighted by molar-refractivity contribution is 0.185. The molecule has 106 valence electrons. The van der Waals surface area contributed by atoms with Crippen LogP contribution in [0.3, 0.4) is 0 Å². The van der Waals surface area contributed by atoms with E-state index in [-0.39, 0.29) is 0 Å². The maximum Gasteiger partial charge on any atom is 0.0713 e. The third-order valence-corrected chi connectivity index (χ3v) is 3.45.